The summed E-state index contributed by atoms with van der Waals surface area (Å²) in [7, 11) is 0. The predicted octanol–water partition coefficient (Wildman–Crippen LogP) is 4.87. The summed E-state index contributed by atoms with van der Waals surface area (Å²) in [5.74, 6) is -1.78. The molecule has 3 aromatic rings. The van der Waals surface area contributed by atoms with Crippen LogP contribution in [0.1, 0.15) is 52.3 Å². The standard InChI is InChI=1S/C25H21F5N4O3S/c26-16-2-1-3-17(27)23(16)19-10-18(32-37-19)20-11-31-24(38-20)14-6-8-33(9-7-14)22(36)13-34-12-15(25(28,29)30)4-5-21(34)35/h1-5,11-12,14,19H,6-10,13H2. The van der Waals surface area contributed by atoms with Gasteiger partial charge in [-0.05, 0) is 31.0 Å². The van der Waals surface area contributed by atoms with E-state index >= 15 is 0 Å². The molecule has 0 radical (unpaired) electrons. The van der Waals surface area contributed by atoms with Gasteiger partial charge in [-0.15, -0.1) is 11.3 Å². The highest BCUT2D eigenvalue weighted by Crippen LogP contribution is 2.36. The number of carbonyl (C=O) groups is 1. The lowest BCUT2D eigenvalue weighted by molar-refractivity contribution is -0.139. The van der Waals surface area contributed by atoms with Crippen molar-refractivity contribution in [2.24, 2.45) is 5.16 Å². The van der Waals surface area contributed by atoms with Crippen molar-refractivity contribution in [3.63, 3.8) is 0 Å². The molecule has 1 atom stereocenters. The third-order valence-electron chi connectivity index (χ3n) is 6.61. The molecule has 200 valence electrons. The highest BCUT2D eigenvalue weighted by atomic mass is 32.1. The number of carbonyl (C=O) groups excluding carboxylic acids is 1. The number of pyridine rings is 1. The number of hydrogen-bond acceptors (Lipinski definition) is 6. The average Bonchev–Trinajstić information content (AvgIpc) is 3.55. The maximum Gasteiger partial charge on any atom is 0.417 e. The molecule has 2 aliphatic rings. The van der Waals surface area contributed by atoms with Crippen LogP contribution in [0.5, 0.6) is 0 Å². The fourth-order valence-corrected chi connectivity index (χ4v) is 5.63. The van der Waals surface area contributed by atoms with Crippen LogP contribution in [0.3, 0.4) is 0 Å². The molecule has 4 heterocycles. The number of hydrogen-bond donors (Lipinski definition) is 0. The number of piperidine rings is 1. The predicted molar refractivity (Wildman–Crippen MR) is 128 cm³/mol. The Hall–Kier alpha value is -3.61. The molecule has 1 unspecified atom stereocenters. The van der Waals surface area contributed by atoms with Gasteiger partial charge in [0.2, 0.25) is 5.91 Å². The molecule has 38 heavy (non-hydrogen) atoms. The molecule has 0 bridgehead atoms. The number of likely N-dealkylation sites (tertiary alicyclic amines) is 1. The first kappa shape index (κ1) is 26.0. The van der Waals surface area contributed by atoms with Crippen LogP contribution >= 0.6 is 11.3 Å². The Bertz CT molecular complexity index is 1420. The molecule has 0 N–H and O–H groups in total. The Labute approximate surface area is 217 Å². The second-order valence-electron chi connectivity index (χ2n) is 9.07. The number of thiazole rings is 1. The van der Waals surface area contributed by atoms with E-state index < -0.39 is 47.5 Å². The summed E-state index contributed by atoms with van der Waals surface area (Å²) < 4.78 is 67.9. The lowest BCUT2D eigenvalue weighted by Gasteiger charge is -2.31. The average molecular weight is 553 g/mol. The van der Waals surface area contributed by atoms with Crippen molar-refractivity contribution in [3.05, 3.63) is 85.7 Å². The van der Waals surface area contributed by atoms with Gasteiger partial charge in [-0.1, -0.05) is 11.2 Å². The maximum atomic E-state index is 14.1. The van der Waals surface area contributed by atoms with Gasteiger partial charge in [0.15, 0.2) is 6.10 Å². The third kappa shape index (κ3) is 5.33. The monoisotopic (exact) mass is 552 g/mol. The largest absolute Gasteiger partial charge is 0.417 e. The van der Waals surface area contributed by atoms with E-state index in [1.165, 1.54) is 34.4 Å². The molecule has 0 saturated carbocycles. The van der Waals surface area contributed by atoms with Crippen LogP contribution in [0.15, 0.2) is 52.7 Å². The minimum atomic E-state index is -4.62. The van der Waals surface area contributed by atoms with Crippen LogP contribution in [0.25, 0.3) is 0 Å². The van der Waals surface area contributed by atoms with Crippen molar-refractivity contribution in [2.45, 2.75) is 44.0 Å². The summed E-state index contributed by atoms with van der Waals surface area (Å²) >= 11 is 1.40. The molecule has 7 nitrogen and oxygen atoms in total. The van der Waals surface area contributed by atoms with Crippen LogP contribution < -0.4 is 5.56 Å². The van der Waals surface area contributed by atoms with Crippen LogP contribution in [-0.2, 0) is 22.4 Å². The van der Waals surface area contributed by atoms with E-state index in [4.69, 9.17) is 4.84 Å². The normalized spacial score (nSPS) is 18.4. The summed E-state index contributed by atoms with van der Waals surface area (Å²) in [6.07, 6.45) is -1.82. The summed E-state index contributed by atoms with van der Waals surface area (Å²) in [6.45, 7) is 0.258. The molecule has 1 amide bonds. The molecule has 13 heteroatoms. The molecule has 2 aromatic heterocycles. The van der Waals surface area contributed by atoms with Crippen LogP contribution in [0, 0.1) is 11.6 Å². The maximum absolute atomic E-state index is 14.1. The molecule has 1 saturated heterocycles. The van der Waals surface area contributed by atoms with E-state index in [0.717, 1.165) is 20.5 Å². The number of halogens is 5. The summed E-state index contributed by atoms with van der Waals surface area (Å²) in [4.78, 5) is 36.7. The van der Waals surface area contributed by atoms with Crippen molar-refractivity contribution in [2.75, 3.05) is 13.1 Å². The van der Waals surface area contributed by atoms with Gasteiger partial charge >= 0.3 is 6.18 Å². The van der Waals surface area contributed by atoms with Crippen molar-refractivity contribution < 1.29 is 31.6 Å². The molecule has 0 spiro atoms. The topological polar surface area (TPSA) is 76.8 Å². The number of alkyl halides is 3. The highest BCUT2D eigenvalue weighted by Gasteiger charge is 2.33. The first-order valence-electron chi connectivity index (χ1n) is 11.8. The van der Waals surface area contributed by atoms with Crippen LogP contribution in [0.2, 0.25) is 0 Å². The fourth-order valence-electron chi connectivity index (χ4n) is 4.55. The lowest BCUT2D eigenvalue weighted by atomic mass is 9.97. The third-order valence-corrected chi connectivity index (χ3v) is 7.82. The number of rotatable bonds is 5. The molecule has 2 aliphatic heterocycles. The molecular weight excluding hydrogens is 531 g/mol. The number of oxime groups is 1. The number of nitrogens with zero attached hydrogens (tertiary/aromatic N) is 4. The summed E-state index contributed by atoms with van der Waals surface area (Å²) in [6, 6.07) is 5.11. The molecule has 5 rings (SSSR count). The van der Waals surface area contributed by atoms with Gasteiger partial charge in [-0.25, -0.2) is 13.8 Å². The minimum absolute atomic E-state index is 0.0526. The number of benzene rings is 1. The van der Waals surface area contributed by atoms with E-state index in [1.807, 2.05) is 0 Å². The zero-order chi connectivity index (χ0) is 27.0. The Morgan fingerprint density at radius 2 is 1.82 bits per heavy atom. The van der Waals surface area contributed by atoms with Gasteiger partial charge in [-0.3, -0.25) is 9.59 Å². The Kier molecular flexibility index (Phi) is 7.03. The summed E-state index contributed by atoms with van der Waals surface area (Å²) in [5, 5.41) is 4.83. The molecule has 1 fully saturated rings. The van der Waals surface area contributed by atoms with E-state index in [-0.39, 0.29) is 17.9 Å². The highest BCUT2D eigenvalue weighted by molar-refractivity contribution is 7.13. The smallest absolute Gasteiger partial charge is 0.387 e. The number of amides is 1. The van der Waals surface area contributed by atoms with Gasteiger partial charge < -0.3 is 14.3 Å². The zero-order valence-electron chi connectivity index (χ0n) is 19.8. The van der Waals surface area contributed by atoms with E-state index in [0.29, 0.717) is 43.9 Å². The van der Waals surface area contributed by atoms with Crippen molar-refractivity contribution in [3.8, 4) is 0 Å². The van der Waals surface area contributed by atoms with E-state index in [9.17, 15) is 31.5 Å². The molecule has 1 aromatic carbocycles. The summed E-state index contributed by atoms with van der Waals surface area (Å²) in [5.41, 5.74) is -1.30. The second kappa shape index (κ2) is 10.3. The fraction of sp³-hybridized carbons (Fsp3) is 0.360. The lowest BCUT2D eigenvalue weighted by Crippen LogP contribution is -2.41. The van der Waals surface area contributed by atoms with Crippen molar-refractivity contribution >= 4 is 23.0 Å². The van der Waals surface area contributed by atoms with Crippen molar-refractivity contribution in [1.82, 2.24) is 14.5 Å². The van der Waals surface area contributed by atoms with Gasteiger partial charge in [0, 0.05) is 43.9 Å². The van der Waals surface area contributed by atoms with Crippen LogP contribution in [-0.4, -0.2) is 39.2 Å². The Morgan fingerprint density at radius 1 is 1.11 bits per heavy atom. The van der Waals surface area contributed by atoms with E-state index in [1.54, 1.807) is 6.20 Å². The van der Waals surface area contributed by atoms with Gasteiger partial charge in [0.25, 0.3) is 5.56 Å². The Balaban J connectivity index is 1.18. The first-order valence-corrected chi connectivity index (χ1v) is 12.6. The zero-order valence-corrected chi connectivity index (χ0v) is 20.6. The minimum Gasteiger partial charge on any atom is -0.387 e. The SMILES string of the molecule is O=C(Cn1cc(C(F)(F)F)ccc1=O)N1CCC(c2ncc(C3=NOC(c4c(F)cccc4F)C3)s2)CC1. The van der Waals surface area contributed by atoms with Gasteiger partial charge in [0.1, 0.15) is 23.9 Å². The van der Waals surface area contributed by atoms with E-state index in [2.05, 4.69) is 10.1 Å². The molecule has 0 aliphatic carbocycles. The van der Waals surface area contributed by atoms with Crippen LogP contribution in [0.4, 0.5) is 22.0 Å². The quantitative estimate of drug-likeness (QED) is 0.423. The first-order chi connectivity index (χ1) is 18.1. The molecular formula is C25H21F5N4O3S. The van der Waals surface area contributed by atoms with Gasteiger partial charge in [0.05, 0.1) is 21.0 Å². The van der Waals surface area contributed by atoms with Gasteiger partial charge in [-0.2, -0.15) is 13.2 Å². The van der Waals surface area contributed by atoms with Crippen molar-refractivity contribution in [1.29, 1.82) is 0 Å². The number of aromatic nitrogens is 2. The second-order valence-corrected chi connectivity index (χ2v) is 10.1. The Morgan fingerprint density at radius 3 is 2.50 bits per heavy atom.